The summed E-state index contributed by atoms with van der Waals surface area (Å²) in [4.78, 5) is 12.2. The van der Waals surface area contributed by atoms with Crippen molar-refractivity contribution in [3.8, 4) is 11.5 Å². The van der Waals surface area contributed by atoms with E-state index in [4.69, 9.17) is 32.7 Å². The van der Waals surface area contributed by atoms with Crippen LogP contribution in [-0.2, 0) is 4.79 Å². The maximum atomic E-state index is 13.6. The number of ether oxygens (including phenoxy) is 2. The minimum Gasteiger partial charge on any atom is -0.497 e. The number of hydrogen-bond acceptors (Lipinski definition) is 4. The molecule has 0 aliphatic rings. The molecule has 0 aliphatic heterocycles. The Morgan fingerprint density at radius 3 is 2.54 bits per heavy atom. The van der Waals surface area contributed by atoms with Gasteiger partial charge in [0.25, 0.3) is 0 Å². The predicted octanol–water partition coefficient (Wildman–Crippen LogP) is 4.44. The highest BCUT2D eigenvalue weighted by molar-refractivity contribution is 6.35. The molecule has 0 aliphatic carbocycles. The minimum atomic E-state index is -0.565. The van der Waals surface area contributed by atoms with E-state index in [0.29, 0.717) is 27.8 Å². The van der Waals surface area contributed by atoms with Crippen molar-refractivity contribution in [3.05, 3.63) is 51.8 Å². The number of rotatable bonds is 7. The van der Waals surface area contributed by atoms with Crippen LogP contribution in [-0.4, -0.2) is 26.7 Å². The van der Waals surface area contributed by atoms with Crippen LogP contribution >= 0.6 is 23.2 Å². The maximum Gasteiger partial charge on any atom is 0.238 e. The van der Waals surface area contributed by atoms with E-state index >= 15 is 0 Å². The second-order valence-electron chi connectivity index (χ2n) is 5.50. The van der Waals surface area contributed by atoms with Crippen molar-refractivity contribution in [2.24, 2.45) is 0 Å². The molecule has 1 amide bonds. The Morgan fingerprint density at radius 2 is 1.88 bits per heavy atom. The molecule has 1 atom stereocenters. The van der Waals surface area contributed by atoms with Gasteiger partial charge in [-0.05, 0) is 36.8 Å². The average molecular weight is 401 g/mol. The highest BCUT2D eigenvalue weighted by atomic mass is 35.5. The summed E-state index contributed by atoms with van der Waals surface area (Å²) in [6.07, 6.45) is 0. The fraction of sp³-hybridized carbons (Fsp3) is 0.278. The molecule has 0 heterocycles. The number of benzene rings is 2. The monoisotopic (exact) mass is 400 g/mol. The summed E-state index contributed by atoms with van der Waals surface area (Å²) in [5.74, 6) is 0.236. The van der Waals surface area contributed by atoms with E-state index in [1.807, 2.05) is 0 Å². The van der Waals surface area contributed by atoms with E-state index in [2.05, 4.69) is 10.6 Å². The summed E-state index contributed by atoms with van der Waals surface area (Å²) in [5, 5.41) is 6.02. The van der Waals surface area contributed by atoms with Crippen molar-refractivity contribution in [1.29, 1.82) is 0 Å². The molecule has 2 aromatic carbocycles. The molecule has 0 unspecified atom stereocenters. The van der Waals surface area contributed by atoms with Gasteiger partial charge in [0, 0.05) is 17.1 Å². The summed E-state index contributed by atoms with van der Waals surface area (Å²) in [6.45, 7) is 1.76. The zero-order valence-corrected chi connectivity index (χ0v) is 16.0. The van der Waals surface area contributed by atoms with Crippen molar-refractivity contribution in [3.63, 3.8) is 0 Å². The summed E-state index contributed by atoms with van der Waals surface area (Å²) in [6, 6.07) is 7.32. The van der Waals surface area contributed by atoms with Gasteiger partial charge < -0.3 is 20.1 Å². The number of nitrogens with one attached hydrogen (secondary N) is 2. The van der Waals surface area contributed by atoms with Crippen LogP contribution in [0.15, 0.2) is 30.3 Å². The molecule has 2 aromatic rings. The zero-order valence-electron chi connectivity index (χ0n) is 14.5. The van der Waals surface area contributed by atoms with Crippen LogP contribution in [0, 0.1) is 5.82 Å². The molecule has 0 saturated carbocycles. The third kappa shape index (κ3) is 5.00. The van der Waals surface area contributed by atoms with Crippen LogP contribution in [0.2, 0.25) is 10.0 Å². The molecule has 2 rings (SSSR count). The third-order valence-electron chi connectivity index (χ3n) is 3.76. The Balaban J connectivity index is 2.02. The second-order valence-corrected chi connectivity index (χ2v) is 6.32. The molecule has 0 fully saturated rings. The topological polar surface area (TPSA) is 59.6 Å². The van der Waals surface area contributed by atoms with E-state index in [0.717, 1.165) is 0 Å². The highest BCUT2D eigenvalue weighted by Gasteiger charge is 2.15. The van der Waals surface area contributed by atoms with Crippen molar-refractivity contribution in [2.75, 3.05) is 26.1 Å². The maximum absolute atomic E-state index is 13.6. The first-order valence-corrected chi connectivity index (χ1v) is 8.51. The van der Waals surface area contributed by atoms with Crippen molar-refractivity contribution in [1.82, 2.24) is 5.32 Å². The molecule has 8 heteroatoms. The largest absolute Gasteiger partial charge is 0.497 e. The lowest BCUT2D eigenvalue weighted by Gasteiger charge is -2.17. The quantitative estimate of drug-likeness (QED) is 0.674. The zero-order chi connectivity index (χ0) is 19.3. The molecule has 2 N–H and O–H groups in total. The Hall–Kier alpha value is -2.02. The van der Waals surface area contributed by atoms with Crippen LogP contribution in [0.25, 0.3) is 0 Å². The summed E-state index contributed by atoms with van der Waals surface area (Å²) >= 11 is 11.8. The summed E-state index contributed by atoms with van der Waals surface area (Å²) in [5.41, 5.74) is 1.00. The van der Waals surface area contributed by atoms with Crippen LogP contribution < -0.4 is 20.1 Å². The standard InChI is InChI=1S/C18H19Cl2FN2O3/c1-10(12-7-15(21)14(20)8-13(12)19)22-9-18(24)23-16-6-11(25-2)4-5-17(16)26-3/h4-8,10,22H,9H2,1-3H3,(H,23,24)/t10-/m1/s1. The third-order valence-corrected chi connectivity index (χ3v) is 4.37. The number of carbonyl (C=O) groups excluding carboxylic acids is 1. The van der Waals surface area contributed by atoms with E-state index in [1.165, 1.54) is 26.4 Å². The molecule has 0 spiro atoms. The van der Waals surface area contributed by atoms with Gasteiger partial charge in [-0.2, -0.15) is 0 Å². The van der Waals surface area contributed by atoms with E-state index in [-0.39, 0.29) is 23.5 Å². The number of carbonyl (C=O) groups is 1. The van der Waals surface area contributed by atoms with Crippen LogP contribution in [0.4, 0.5) is 10.1 Å². The van der Waals surface area contributed by atoms with E-state index in [9.17, 15) is 9.18 Å². The Kier molecular flexibility index (Phi) is 7.08. The number of anilines is 1. The smallest absolute Gasteiger partial charge is 0.238 e. The van der Waals surface area contributed by atoms with E-state index < -0.39 is 5.82 Å². The van der Waals surface area contributed by atoms with Crippen LogP contribution in [0.5, 0.6) is 11.5 Å². The number of hydrogen-bond donors (Lipinski definition) is 2. The van der Waals surface area contributed by atoms with Gasteiger partial charge in [0.05, 0.1) is 31.5 Å². The molecule has 26 heavy (non-hydrogen) atoms. The van der Waals surface area contributed by atoms with E-state index in [1.54, 1.807) is 25.1 Å². The first-order valence-electron chi connectivity index (χ1n) is 7.75. The second kappa shape index (κ2) is 9.07. The summed E-state index contributed by atoms with van der Waals surface area (Å²) < 4.78 is 24.0. The lowest BCUT2D eigenvalue weighted by Crippen LogP contribution is -2.30. The molecule has 0 radical (unpaired) electrons. The van der Waals surface area contributed by atoms with Gasteiger partial charge >= 0.3 is 0 Å². The van der Waals surface area contributed by atoms with Gasteiger partial charge in [-0.1, -0.05) is 23.2 Å². The summed E-state index contributed by atoms with van der Waals surface area (Å²) in [7, 11) is 3.04. The molecule has 140 valence electrons. The molecular weight excluding hydrogens is 382 g/mol. The first kappa shape index (κ1) is 20.3. The van der Waals surface area contributed by atoms with Gasteiger partial charge in [-0.3, -0.25) is 4.79 Å². The first-order chi connectivity index (χ1) is 12.3. The van der Waals surface area contributed by atoms with Crippen molar-refractivity contribution < 1.29 is 18.7 Å². The SMILES string of the molecule is COc1ccc(OC)c(NC(=O)CN[C@H](C)c2cc(F)c(Cl)cc2Cl)c1. The lowest BCUT2D eigenvalue weighted by atomic mass is 10.1. The predicted molar refractivity (Wildman–Crippen MR) is 101 cm³/mol. The molecule has 0 saturated heterocycles. The number of halogens is 3. The van der Waals surface area contributed by atoms with Crippen LogP contribution in [0.1, 0.15) is 18.5 Å². The fourth-order valence-electron chi connectivity index (χ4n) is 2.33. The molecule has 5 nitrogen and oxygen atoms in total. The average Bonchev–Trinajstić information content (AvgIpc) is 2.62. The van der Waals surface area contributed by atoms with Crippen molar-refractivity contribution in [2.45, 2.75) is 13.0 Å². The highest BCUT2D eigenvalue weighted by Crippen LogP contribution is 2.30. The minimum absolute atomic E-state index is 0.0118. The van der Waals surface area contributed by atoms with Gasteiger partial charge in [-0.25, -0.2) is 4.39 Å². The Morgan fingerprint density at radius 1 is 1.15 bits per heavy atom. The fourth-order valence-corrected chi connectivity index (χ4v) is 2.88. The molecule has 0 bridgehead atoms. The van der Waals surface area contributed by atoms with Gasteiger partial charge in [-0.15, -0.1) is 0 Å². The Bertz CT molecular complexity index is 802. The number of amides is 1. The van der Waals surface area contributed by atoms with Crippen LogP contribution in [0.3, 0.4) is 0 Å². The molecule has 0 aromatic heterocycles. The van der Waals surface area contributed by atoms with Gasteiger partial charge in [0.1, 0.15) is 17.3 Å². The van der Waals surface area contributed by atoms with Crippen molar-refractivity contribution >= 4 is 34.8 Å². The van der Waals surface area contributed by atoms with Gasteiger partial charge in [0.15, 0.2) is 0 Å². The Labute approximate surface area is 161 Å². The number of methoxy groups -OCH3 is 2. The lowest BCUT2D eigenvalue weighted by molar-refractivity contribution is -0.115. The normalized spacial score (nSPS) is 11.8. The van der Waals surface area contributed by atoms with Gasteiger partial charge in [0.2, 0.25) is 5.91 Å². The molecular formula is C18H19Cl2FN2O3.